The molecule has 0 radical (unpaired) electrons. The molecule has 0 bridgehead atoms. The van der Waals surface area contributed by atoms with Gasteiger partial charge in [-0.05, 0) is 12.1 Å². The van der Waals surface area contributed by atoms with Crippen LogP contribution in [-0.2, 0) is 9.59 Å². The Bertz CT molecular complexity index is 461. The van der Waals surface area contributed by atoms with E-state index < -0.39 is 6.04 Å². The molecule has 1 heterocycles. The molecule has 1 aromatic carbocycles. The fourth-order valence-corrected chi connectivity index (χ4v) is 2.03. The topological polar surface area (TPSA) is 46.6 Å². The van der Waals surface area contributed by atoms with Crippen molar-refractivity contribution in [3.05, 3.63) is 24.3 Å². The van der Waals surface area contributed by atoms with Crippen LogP contribution in [0.2, 0.25) is 0 Å². The van der Waals surface area contributed by atoms with Crippen molar-refractivity contribution in [3.63, 3.8) is 0 Å². The lowest BCUT2D eigenvalue weighted by Crippen LogP contribution is -2.57. The number of halogens is 1. The summed E-state index contributed by atoms with van der Waals surface area (Å²) in [5, 5.41) is 0. The summed E-state index contributed by atoms with van der Waals surface area (Å²) in [5.41, 5.74) is 0.670. The van der Waals surface area contributed by atoms with Crippen LogP contribution >= 0.6 is 11.6 Å². The summed E-state index contributed by atoms with van der Waals surface area (Å²) in [6, 6.07) is 6.64. The Balaban J connectivity index is 2.25. The Morgan fingerprint density at radius 1 is 1.59 bits per heavy atom. The predicted molar refractivity (Wildman–Crippen MR) is 64.6 cm³/mol. The van der Waals surface area contributed by atoms with E-state index in [9.17, 15) is 9.59 Å². The SMILES string of the molecule is COc1cccc(N2C(=O)CC2C(=O)CCl)c1. The van der Waals surface area contributed by atoms with E-state index in [1.807, 2.05) is 0 Å². The van der Waals surface area contributed by atoms with E-state index in [-0.39, 0.29) is 24.0 Å². The average molecular weight is 254 g/mol. The number of ether oxygens (including phenoxy) is 1. The van der Waals surface area contributed by atoms with E-state index in [2.05, 4.69) is 0 Å². The normalized spacial score (nSPS) is 18.8. The zero-order chi connectivity index (χ0) is 12.4. The Kier molecular flexibility index (Phi) is 3.33. The number of Topliss-reactive ketones (excluding diaryl/α,β-unsaturated/α-hetero) is 1. The molecule has 4 nitrogen and oxygen atoms in total. The van der Waals surface area contributed by atoms with Gasteiger partial charge in [0, 0.05) is 11.8 Å². The molecular formula is C12H12ClNO3. The minimum absolute atomic E-state index is 0.0679. The van der Waals surface area contributed by atoms with Gasteiger partial charge in [-0.25, -0.2) is 0 Å². The summed E-state index contributed by atoms with van der Waals surface area (Å²) in [6.45, 7) is 0. The number of carbonyl (C=O) groups excluding carboxylic acids is 2. The van der Waals surface area contributed by atoms with Gasteiger partial charge < -0.3 is 9.64 Å². The summed E-state index contributed by atoms with van der Waals surface area (Å²) in [4.78, 5) is 24.5. The second kappa shape index (κ2) is 4.75. The van der Waals surface area contributed by atoms with Crippen LogP contribution in [0.1, 0.15) is 6.42 Å². The first-order valence-corrected chi connectivity index (χ1v) is 5.75. The number of alkyl halides is 1. The lowest BCUT2D eigenvalue weighted by molar-refractivity contribution is -0.131. The molecule has 1 fully saturated rings. The Labute approximate surface area is 104 Å². The van der Waals surface area contributed by atoms with Gasteiger partial charge in [-0.2, -0.15) is 0 Å². The third kappa shape index (κ3) is 2.13. The predicted octanol–water partition coefficient (Wildman–Crippen LogP) is 1.61. The minimum Gasteiger partial charge on any atom is -0.497 e. The molecule has 1 atom stereocenters. The molecule has 2 rings (SSSR count). The Morgan fingerprint density at radius 3 is 2.94 bits per heavy atom. The summed E-state index contributed by atoms with van der Waals surface area (Å²) < 4.78 is 5.08. The van der Waals surface area contributed by atoms with Crippen LogP contribution in [0.5, 0.6) is 5.75 Å². The molecule has 5 heteroatoms. The largest absolute Gasteiger partial charge is 0.497 e. The molecule has 17 heavy (non-hydrogen) atoms. The van der Waals surface area contributed by atoms with E-state index >= 15 is 0 Å². The highest BCUT2D eigenvalue weighted by molar-refractivity contribution is 6.30. The van der Waals surface area contributed by atoms with Crippen molar-refractivity contribution in [2.24, 2.45) is 0 Å². The van der Waals surface area contributed by atoms with Crippen molar-refractivity contribution in [3.8, 4) is 5.75 Å². The molecule has 0 spiro atoms. The number of carbonyl (C=O) groups is 2. The lowest BCUT2D eigenvalue weighted by Gasteiger charge is -2.39. The molecule has 90 valence electrons. The second-order valence-corrected chi connectivity index (χ2v) is 4.05. The number of hydrogen-bond donors (Lipinski definition) is 0. The number of β-lactam (4-membered cyclic amide) rings is 1. The fraction of sp³-hybridized carbons (Fsp3) is 0.333. The molecule has 1 aliphatic heterocycles. The van der Waals surface area contributed by atoms with Crippen molar-refractivity contribution >= 4 is 29.0 Å². The standard InChI is InChI=1S/C12H12ClNO3/c1-17-9-4-2-3-8(5-9)14-10(6-12(14)16)11(15)7-13/h2-5,10H,6-7H2,1H3. The highest BCUT2D eigenvalue weighted by Gasteiger charge is 2.41. The van der Waals surface area contributed by atoms with E-state index in [0.717, 1.165) is 0 Å². The van der Waals surface area contributed by atoms with Gasteiger partial charge in [0.15, 0.2) is 5.78 Å². The van der Waals surface area contributed by atoms with Gasteiger partial charge in [-0.3, -0.25) is 9.59 Å². The van der Waals surface area contributed by atoms with E-state index in [0.29, 0.717) is 11.4 Å². The van der Waals surface area contributed by atoms with Crippen LogP contribution in [0.4, 0.5) is 5.69 Å². The van der Waals surface area contributed by atoms with Gasteiger partial charge >= 0.3 is 0 Å². The van der Waals surface area contributed by atoms with Crippen molar-refractivity contribution in [1.82, 2.24) is 0 Å². The number of hydrogen-bond acceptors (Lipinski definition) is 3. The van der Waals surface area contributed by atoms with Gasteiger partial charge in [0.2, 0.25) is 5.91 Å². The van der Waals surface area contributed by atoms with E-state index in [1.54, 1.807) is 31.4 Å². The lowest BCUT2D eigenvalue weighted by atomic mass is 9.97. The molecule has 1 amide bonds. The van der Waals surface area contributed by atoms with Gasteiger partial charge in [0.05, 0.1) is 19.4 Å². The van der Waals surface area contributed by atoms with Crippen LogP contribution < -0.4 is 9.64 Å². The number of rotatable bonds is 4. The summed E-state index contributed by atoms with van der Waals surface area (Å²) in [6.07, 6.45) is 0.239. The summed E-state index contributed by atoms with van der Waals surface area (Å²) >= 11 is 5.51. The maximum atomic E-state index is 11.6. The van der Waals surface area contributed by atoms with Gasteiger partial charge in [-0.15, -0.1) is 11.6 Å². The molecule has 0 aliphatic carbocycles. The molecular weight excluding hydrogens is 242 g/mol. The number of ketones is 1. The van der Waals surface area contributed by atoms with Crippen molar-refractivity contribution in [1.29, 1.82) is 0 Å². The number of methoxy groups -OCH3 is 1. The quantitative estimate of drug-likeness (QED) is 0.605. The molecule has 0 N–H and O–H groups in total. The third-order valence-electron chi connectivity index (χ3n) is 2.78. The van der Waals surface area contributed by atoms with Crippen molar-refractivity contribution in [2.75, 3.05) is 17.9 Å². The number of anilines is 1. The van der Waals surface area contributed by atoms with Crippen molar-refractivity contribution < 1.29 is 14.3 Å². The number of amides is 1. The van der Waals surface area contributed by atoms with Gasteiger partial charge in [-0.1, -0.05) is 6.07 Å². The third-order valence-corrected chi connectivity index (χ3v) is 3.05. The first kappa shape index (κ1) is 11.9. The Hall–Kier alpha value is -1.55. The second-order valence-electron chi connectivity index (χ2n) is 3.79. The van der Waals surface area contributed by atoms with Gasteiger partial charge in [0.25, 0.3) is 0 Å². The monoisotopic (exact) mass is 253 g/mol. The van der Waals surface area contributed by atoms with Crippen LogP contribution in [-0.4, -0.2) is 30.7 Å². The number of nitrogens with zero attached hydrogens (tertiary/aromatic N) is 1. The average Bonchev–Trinajstić information content (AvgIpc) is 2.35. The van der Waals surface area contributed by atoms with Crippen molar-refractivity contribution in [2.45, 2.75) is 12.5 Å². The number of benzene rings is 1. The summed E-state index contributed by atoms with van der Waals surface area (Å²) in [5.74, 6) is 0.383. The first-order valence-electron chi connectivity index (χ1n) is 5.22. The van der Waals surface area contributed by atoms with E-state index in [1.165, 1.54) is 4.90 Å². The van der Waals surface area contributed by atoms with Gasteiger partial charge in [0.1, 0.15) is 11.8 Å². The van der Waals surface area contributed by atoms with Crippen LogP contribution in [0.25, 0.3) is 0 Å². The molecule has 1 unspecified atom stereocenters. The summed E-state index contributed by atoms with van der Waals surface area (Å²) in [7, 11) is 1.55. The van der Waals surface area contributed by atoms with Crippen LogP contribution in [0, 0.1) is 0 Å². The molecule has 0 saturated carbocycles. The zero-order valence-corrected chi connectivity index (χ0v) is 10.1. The van der Waals surface area contributed by atoms with Crippen LogP contribution in [0.15, 0.2) is 24.3 Å². The first-order chi connectivity index (χ1) is 8.17. The highest BCUT2D eigenvalue weighted by atomic mass is 35.5. The molecule has 1 aromatic rings. The zero-order valence-electron chi connectivity index (χ0n) is 9.35. The minimum atomic E-state index is -0.424. The molecule has 0 aromatic heterocycles. The smallest absolute Gasteiger partial charge is 0.230 e. The molecule has 1 aliphatic rings. The highest BCUT2D eigenvalue weighted by Crippen LogP contribution is 2.30. The molecule has 1 saturated heterocycles. The maximum Gasteiger partial charge on any atom is 0.230 e. The Morgan fingerprint density at radius 2 is 2.35 bits per heavy atom. The maximum absolute atomic E-state index is 11.6. The van der Waals surface area contributed by atoms with E-state index in [4.69, 9.17) is 16.3 Å². The fourth-order valence-electron chi connectivity index (χ4n) is 1.85. The van der Waals surface area contributed by atoms with Crippen LogP contribution in [0.3, 0.4) is 0 Å².